The third-order valence-corrected chi connectivity index (χ3v) is 3.47. The monoisotopic (exact) mass is 270 g/mol. The van der Waals surface area contributed by atoms with E-state index in [0.717, 1.165) is 16.9 Å². The molecule has 106 valence electrons. The summed E-state index contributed by atoms with van der Waals surface area (Å²) in [6.07, 6.45) is 0.779. The molecule has 1 N–H and O–H groups in total. The van der Waals surface area contributed by atoms with Crippen LogP contribution in [-0.2, 0) is 5.60 Å². The minimum absolute atomic E-state index is 0.153. The highest BCUT2D eigenvalue weighted by Gasteiger charge is 2.29. The second-order valence-electron chi connectivity index (χ2n) is 5.27. The smallest absolute Gasteiger partial charge is 0.119 e. The highest BCUT2D eigenvalue weighted by atomic mass is 16.5. The van der Waals surface area contributed by atoms with E-state index in [0.29, 0.717) is 6.42 Å². The fourth-order valence-corrected chi connectivity index (χ4v) is 2.37. The Balaban J connectivity index is 2.32. The Kier molecular flexibility index (Phi) is 4.46. The summed E-state index contributed by atoms with van der Waals surface area (Å²) in [4.78, 5) is 0. The molecule has 2 nitrogen and oxygen atoms in total. The lowest BCUT2D eigenvalue weighted by molar-refractivity contribution is 0.0764. The Morgan fingerprint density at radius 2 is 1.50 bits per heavy atom. The van der Waals surface area contributed by atoms with Gasteiger partial charge < -0.3 is 9.84 Å². The van der Waals surface area contributed by atoms with Crippen LogP contribution >= 0.6 is 0 Å². The number of hydrogen-bond donors (Lipinski definition) is 1. The number of benzene rings is 2. The topological polar surface area (TPSA) is 29.5 Å². The van der Waals surface area contributed by atoms with E-state index in [1.807, 2.05) is 75.4 Å². The Bertz CT molecular complexity index is 531. The van der Waals surface area contributed by atoms with Gasteiger partial charge in [-0.1, -0.05) is 49.4 Å². The Hall–Kier alpha value is -1.80. The predicted molar refractivity (Wildman–Crippen MR) is 81.9 cm³/mol. The standard InChI is InChI=1S/C18H22O2/c1-4-18(19,15-8-6-5-7-9-15)16-10-12-17(13-11-16)20-14(2)3/h5-14,19H,4H2,1-3H3. The number of hydrogen-bond acceptors (Lipinski definition) is 2. The van der Waals surface area contributed by atoms with Gasteiger partial charge >= 0.3 is 0 Å². The normalized spacial score (nSPS) is 14.1. The van der Waals surface area contributed by atoms with Gasteiger partial charge in [0.15, 0.2) is 0 Å². The number of ether oxygens (including phenoxy) is 1. The van der Waals surface area contributed by atoms with Crippen molar-refractivity contribution >= 4 is 0 Å². The van der Waals surface area contributed by atoms with Crippen LogP contribution in [0.1, 0.15) is 38.3 Å². The van der Waals surface area contributed by atoms with Gasteiger partial charge in [0.2, 0.25) is 0 Å². The van der Waals surface area contributed by atoms with E-state index in [1.165, 1.54) is 0 Å². The van der Waals surface area contributed by atoms with Gasteiger partial charge in [-0.2, -0.15) is 0 Å². The van der Waals surface area contributed by atoms with E-state index >= 15 is 0 Å². The molecule has 2 aromatic carbocycles. The fourth-order valence-electron chi connectivity index (χ4n) is 2.37. The van der Waals surface area contributed by atoms with E-state index in [9.17, 15) is 5.11 Å². The van der Waals surface area contributed by atoms with Crippen molar-refractivity contribution in [3.63, 3.8) is 0 Å². The lowest BCUT2D eigenvalue weighted by atomic mass is 9.84. The fraction of sp³-hybridized carbons (Fsp3) is 0.333. The molecule has 0 spiro atoms. The summed E-state index contributed by atoms with van der Waals surface area (Å²) in [5.74, 6) is 0.829. The molecule has 0 saturated heterocycles. The molecule has 2 aromatic rings. The highest BCUT2D eigenvalue weighted by Crippen LogP contribution is 2.33. The summed E-state index contributed by atoms with van der Waals surface area (Å²) in [7, 11) is 0. The van der Waals surface area contributed by atoms with Crippen LogP contribution in [0.15, 0.2) is 54.6 Å². The summed E-state index contributed by atoms with van der Waals surface area (Å²) in [6.45, 7) is 5.99. The van der Waals surface area contributed by atoms with Crippen molar-refractivity contribution in [3.05, 3.63) is 65.7 Å². The van der Waals surface area contributed by atoms with Gasteiger partial charge in [0.25, 0.3) is 0 Å². The number of rotatable bonds is 5. The van der Waals surface area contributed by atoms with Crippen molar-refractivity contribution in [3.8, 4) is 5.75 Å². The zero-order valence-electron chi connectivity index (χ0n) is 12.3. The zero-order chi connectivity index (χ0) is 14.6. The van der Waals surface area contributed by atoms with Gasteiger partial charge in [0.05, 0.1) is 6.10 Å². The highest BCUT2D eigenvalue weighted by molar-refractivity contribution is 5.38. The van der Waals surface area contributed by atoms with E-state index in [1.54, 1.807) is 0 Å². The van der Waals surface area contributed by atoms with E-state index in [-0.39, 0.29) is 6.10 Å². The van der Waals surface area contributed by atoms with Gasteiger partial charge in [-0.25, -0.2) is 0 Å². The van der Waals surface area contributed by atoms with Crippen molar-refractivity contribution in [2.75, 3.05) is 0 Å². The zero-order valence-corrected chi connectivity index (χ0v) is 12.3. The summed E-state index contributed by atoms with van der Waals surface area (Å²) in [5.41, 5.74) is 0.861. The molecule has 1 atom stereocenters. The van der Waals surface area contributed by atoms with Gasteiger partial charge in [-0.3, -0.25) is 0 Å². The van der Waals surface area contributed by atoms with E-state index < -0.39 is 5.60 Å². The van der Waals surface area contributed by atoms with Crippen LogP contribution in [0.2, 0.25) is 0 Å². The second-order valence-corrected chi connectivity index (χ2v) is 5.27. The van der Waals surface area contributed by atoms with Crippen molar-refractivity contribution in [1.82, 2.24) is 0 Å². The van der Waals surface area contributed by atoms with Crippen LogP contribution in [0.25, 0.3) is 0 Å². The summed E-state index contributed by atoms with van der Waals surface area (Å²) >= 11 is 0. The maximum absolute atomic E-state index is 11.0. The molecule has 0 heterocycles. The van der Waals surface area contributed by atoms with Crippen LogP contribution in [0, 0.1) is 0 Å². The predicted octanol–water partition coefficient (Wildman–Crippen LogP) is 4.12. The lowest BCUT2D eigenvalue weighted by Crippen LogP contribution is -2.26. The summed E-state index contributed by atoms with van der Waals surface area (Å²) in [6, 6.07) is 17.5. The maximum atomic E-state index is 11.0. The molecule has 0 bridgehead atoms. The molecule has 0 aromatic heterocycles. The first-order chi connectivity index (χ1) is 9.56. The average molecular weight is 270 g/mol. The molecular formula is C18H22O2. The maximum Gasteiger partial charge on any atom is 0.119 e. The molecule has 0 aliphatic rings. The van der Waals surface area contributed by atoms with Gasteiger partial charge in [-0.05, 0) is 43.5 Å². The van der Waals surface area contributed by atoms with Crippen LogP contribution in [0.3, 0.4) is 0 Å². The molecular weight excluding hydrogens is 248 g/mol. The van der Waals surface area contributed by atoms with Crippen molar-refractivity contribution < 1.29 is 9.84 Å². The number of aliphatic hydroxyl groups is 1. The molecule has 0 radical (unpaired) electrons. The minimum Gasteiger partial charge on any atom is -0.491 e. The first kappa shape index (κ1) is 14.6. The SMILES string of the molecule is CCC(O)(c1ccccc1)c1ccc(OC(C)C)cc1. The molecule has 1 unspecified atom stereocenters. The van der Waals surface area contributed by atoms with Crippen molar-refractivity contribution in [1.29, 1.82) is 0 Å². The van der Waals surface area contributed by atoms with Gasteiger partial charge in [0.1, 0.15) is 11.4 Å². The largest absolute Gasteiger partial charge is 0.491 e. The molecule has 0 aliphatic carbocycles. The first-order valence-corrected chi connectivity index (χ1v) is 7.11. The molecule has 0 saturated carbocycles. The Morgan fingerprint density at radius 3 is 2.00 bits per heavy atom. The molecule has 2 heteroatoms. The average Bonchev–Trinajstić information content (AvgIpc) is 2.47. The molecule has 0 aliphatic heterocycles. The molecule has 2 rings (SSSR count). The summed E-state index contributed by atoms with van der Waals surface area (Å²) < 4.78 is 5.64. The third kappa shape index (κ3) is 3.02. The quantitative estimate of drug-likeness (QED) is 0.885. The van der Waals surface area contributed by atoms with Gasteiger partial charge in [0, 0.05) is 0 Å². The summed E-state index contributed by atoms with van der Waals surface area (Å²) in [5, 5.41) is 11.0. The Labute approximate surface area is 121 Å². The van der Waals surface area contributed by atoms with Gasteiger partial charge in [-0.15, -0.1) is 0 Å². The van der Waals surface area contributed by atoms with E-state index in [2.05, 4.69) is 0 Å². The van der Waals surface area contributed by atoms with Crippen LogP contribution < -0.4 is 4.74 Å². The molecule has 0 fully saturated rings. The van der Waals surface area contributed by atoms with Crippen molar-refractivity contribution in [2.45, 2.75) is 38.9 Å². The minimum atomic E-state index is -0.947. The second kappa shape index (κ2) is 6.10. The lowest BCUT2D eigenvalue weighted by Gasteiger charge is -2.28. The third-order valence-electron chi connectivity index (χ3n) is 3.47. The van der Waals surface area contributed by atoms with E-state index in [4.69, 9.17) is 4.74 Å². The Morgan fingerprint density at radius 1 is 0.950 bits per heavy atom. The van der Waals surface area contributed by atoms with Crippen LogP contribution in [0.5, 0.6) is 5.75 Å². The van der Waals surface area contributed by atoms with Crippen molar-refractivity contribution in [2.24, 2.45) is 0 Å². The first-order valence-electron chi connectivity index (χ1n) is 7.11. The van der Waals surface area contributed by atoms with Crippen LogP contribution in [-0.4, -0.2) is 11.2 Å². The molecule has 0 amide bonds. The van der Waals surface area contributed by atoms with Crippen LogP contribution in [0.4, 0.5) is 0 Å². The molecule has 20 heavy (non-hydrogen) atoms.